The van der Waals surface area contributed by atoms with Gasteiger partial charge in [0.15, 0.2) is 0 Å². The van der Waals surface area contributed by atoms with Crippen molar-refractivity contribution in [3.05, 3.63) is 64.7 Å². The third-order valence-electron chi connectivity index (χ3n) is 5.18. The van der Waals surface area contributed by atoms with Crippen LogP contribution in [0.4, 0.5) is 10.8 Å². The third-order valence-corrected chi connectivity index (χ3v) is 6.18. The molecule has 0 spiro atoms. The summed E-state index contributed by atoms with van der Waals surface area (Å²) in [6.45, 7) is 3.92. The fraction of sp³-hybridized carbons (Fsp3) is 0.261. The number of aromatic nitrogens is 2. The molecule has 2 heterocycles. The van der Waals surface area contributed by atoms with Crippen molar-refractivity contribution in [3.8, 4) is 5.75 Å². The van der Waals surface area contributed by atoms with E-state index >= 15 is 0 Å². The Kier molecular flexibility index (Phi) is 6.27. The lowest BCUT2D eigenvalue weighted by atomic mass is 10.1. The van der Waals surface area contributed by atoms with Gasteiger partial charge in [-0.2, -0.15) is 0 Å². The minimum atomic E-state index is -0.425. The van der Waals surface area contributed by atoms with Crippen molar-refractivity contribution < 1.29 is 19.1 Å². The summed E-state index contributed by atoms with van der Waals surface area (Å²) in [6, 6.07) is 14.1. The fourth-order valence-corrected chi connectivity index (χ4v) is 4.47. The molecule has 2 amide bonds. The average molecular weight is 451 g/mol. The summed E-state index contributed by atoms with van der Waals surface area (Å²) in [6.07, 6.45) is 1.21. The van der Waals surface area contributed by atoms with Crippen LogP contribution in [-0.2, 0) is 16.0 Å². The van der Waals surface area contributed by atoms with Gasteiger partial charge in [0.2, 0.25) is 11.0 Å². The van der Waals surface area contributed by atoms with E-state index in [-0.39, 0.29) is 17.7 Å². The molecule has 1 saturated heterocycles. The molecule has 3 aromatic rings. The van der Waals surface area contributed by atoms with Crippen LogP contribution in [0.3, 0.4) is 0 Å². The van der Waals surface area contributed by atoms with Gasteiger partial charge in [0.1, 0.15) is 10.8 Å². The molecule has 4 rings (SSSR count). The molecular formula is C23H22N4O4S. The quantitative estimate of drug-likeness (QED) is 0.453. The Hall–Kier alpha value is -3.59. The van der Waals surface area contributed by atoms with E-state index in [2.05, 4.69) is 22.4 Å². The normalized spacial score (nSPS) is 15.6. The highest BCUT2D eigenvalue weighted by molar-refractivity contribution is 7.15. The van der Waals surface area contributed by atoms with Crippen molar-refractivity contribution in [3.63, 3.8) is 0 Å². The Labute approximate surface area is 189 Å². The highest BCUT2D eigenvalue weighted by Gasteiger charge is 2.34. The number of carbonyl (C=O) groups excluding carboxylic acids is 3. The van der Waals surface area contributed by atoms with E-state index in [1.54, 1.807) is 24.3 Å². The molecule has 2 aromatic carbocycles. The van der Waals surface area contributed by atoms with Crippen LogP contribution in [-0.4, -0.2) is 34.5 Å². The number of nitrogens with zero attached hydrogens (tertiary/aromatic N) is 3. The second-order valence-electron chi connectivity index (χ2n) is 7.41. The van der Waals surface area contributed by atoms with Crippen molar-refractivity contribution >= 4 is 39.9 Å². The number of anilines is 2. The van der Waals surface area contributed by atoms with Crippen LogP contribution in [0.1, 0.15) is 47.1 Å². The van der Waals surface area contributed by atoms with Crippen LogP contribution in [0.2, 0.25) is 0 Å². The van der Waals surface area contributed by atoms with Crippen LogP contribution >= 0.6 is 11.3 Å². The number of benzene rings is 2. The molecule has 0 bridgehead atoms. The topological polar surface area (TPSA) is 101 Å². The number of amides is 2. The zero-order chi connectivity index (χ0) is 22.7. The van der Waals surface area contributed by atoms with Gasteiger partial charge in [0, 0.05) is 37.1 Å². The number of carbonyl (C=O) groups is 3. The Morgan fingerprint density at radius 3 is 2.62 bits per heavy atom. The summed E-state index contributed by atoms with van der Waals surface area (Å²) >= 11 is 1.27. The number of hydrogen-bond donors (Lipinski definition) is 1. The van der Waals surface area contributed by atoms with Gasteiger partial charge in [-0.25, -0.2) is 0 Å². The molecular weight excluding hydrogens is 428 g/mol. The maximum atomic E-state index is 12.7. The van der Waals surface area contributed by atoms with Gasteiger partial charge in [0.25, 0.3) is 5.91 Å². The summed E-state index contributed by atoms with van der Waals surface area (Å²) in [4.78, 5) is 38.0. The minimum absolute atomic E-state index is 0.0598. The molecule has 1 aliphatic heterocycles. The molecule has 1 N–H and O–H groups in total. The molecule has 0 saturated carbocycles. The van der Waals surface area contributed by atoms with Gasteiger partial charge >= 0.3 is 5.97 Å². The maximum Gasteiger partial charge on any atom is 0.308 e. The largest absolute Gasteiger partial charge is 0.427 e. The summed E-state index contributed by atoms with van der Waals surface area (Å²) in [5, 5.41) is 12.1. The number of esters is 1. The highest BCUT2D eigenvalue weighted by atomic mass is 32.1. The Balaban J connectivity index is 1.42. The Bertz CT molecular complexity index is 1160. The van der Waals surface area contributed by atoms with Gasteiger partial charge in [-0.1, -0.05) is 36.5 Å². The average Bonchev–Trinajstić information content (AvgIpc) is 3.40. The molecule has 9 heteroatoms. The minimum Gasteiger partial charge on any atom is -0.427 e. The molecule has 0 aliphatic carbocycles. The molecule has 1 aromatic heterocycles. The van der Waals surface area contributed by atoms with E-state index in [1.165, 1.54) is 18.3 Å². The summed E-state index contributed by atoms with van der Waals surface area (Å²) < 4.78 is 4.97. The lowest BCUT2D eigenvalue weighted by molar-refractivity contribution is -0.131. The van der Waals surface area contributed by atoms with E-state index < -0.39 is 5.97 Å². The van der Waals surface area contributed by atoms with E-state index in [4.69, 9.17) is 4.74 Å². The monoisotopic (exact) mass is 450 g/mol. The molecule has 0 unspecified atom stereocenters. The van der Waals surface area contributed by atoms with Crippen LogP contribution in [0.15, 0.2) is 48.5 Å². The van der Waals surface area contributed by atoms with Crippen molar-refractivity contribution in [2.75, 3.05) is 16.8 Å². The second-order valence-corrected chi connectivity index (χ2v) is 8.41. The van der Waals surface area contributed by atoms with Gasteiger partial charge in [-0.15, -0.1) is 10.2 Å². The molecule has 0 radical (unpaired) electrons. The van der Waals surface area contributed by atoms with Crippen LogP contribution in [0, 0.1) is 0 Å². The summed E-state index contributed by atoms with van der Waals surface area (Å²) in [5.41, 5.74) is 2.47. The first-order valence-electron chi connectivity index (χ1n) is 10.3. The molecule has 1 atom stereocenters. The van der Waals surface area contributed by atoms with Crippen LogP contribution in [0.25, 0.3) is 0 Å². The SMILES string of the molecule is CCc1ccccc1N1C[C@H](c2nnc(NC(=O)c3ccc(OC(C)=O)cc3)s2)CC1=O. The standard InChI is InChI=1S/C23H22N4O4S/c1-3-15-6-4-5-7-19(15)27-13-17(12-20(27)29)22-25-26-23(32-22)24-21(30)16-8-10-18(11-9-16)31-14(2)28/h4-11,17H,3,12-13H2,1-2H3,(H,24,26,30)/t17-/m1/s1. The molecule has 1 aliphatic rings. The first-order chi connectivity index (χ1) is 15.4. The number of nitrogens with one attached hydrogen (secondary N) is 1. The fourth-order valence-electron chi connectivity index (χ4n) is 3.64. The highest BCUT2D eigenvalue weighted by Crippen LogP contribution is 2.35. The Morgan fingerprint density at radius 1 is 1.16 bits per heavy atom. The smallest absolute Gasteiger partial charge is 0.308 e. The summed E-state index contributed by atoms with van der Waals surface area (Å²) in [7, 11) is 0. The second kappa shape index (κ2) is 9.27. The lowest BCUT2D eigenvalue weighted by Gasteiger charge is -2.19. The number of hydrogen-bond acceptors (Lipinski definition) is 7. The van der Waals surface area contributed by atoms with Crippen LogP contribution < -0.4 is 15.0 Å². The van der Waals surface area contributed by atoms with E-state index in [0.717, 1.165) is 22.7 Å². The van der Waals surface area contributed by atoms with E-state index in [1.807, 2.05) is 29.2 Å². The van der Waals surface area contributed by atoms with Crippen molar-refractivity contribution in [2.24, 2.45) is 0 Å². The predicted octanol–water partition coefficient (Wildman–Crippen LogP) is 3.80. The van der Waals surface area contributed by atoms with E-state index in [9.17, 15) is 14.4 Å². The van der Waals surface area contributed by atoms with Gasteiger partial charge in [-0.05, 0) is 42.3 Å². The third kappa shape index (κ3) is 4.67. The van der Waals surface area contributed by atoms with Crippen molar-refractivity contribution in [1.29, 1.82) is 0 Å². The predicted molar refractivity (Wildman–Crippen MR) is 121 cm³/mol. The van der Waals surface area contributed by atoms with E-state index in [0.29, 0.717) is 29.4 Å². The first-order valence-corrected chi connectivity index (χ1v) is 11.1. The number of ether oxygens (including phenoxy) is 1. The van der Waals surface area contributed by atoms with Gasteiger partial charge in [-0.3, -0.25) is 19.7 Å². The first kappa shape index (κ1) is 21.6. The molecule has 164 valence electrons. The van der Waals surface area contributed by atoms with Gasteiger partial charge in [0.05, 0.1) is 0 Å². The maximum absolute atomic E-state index is 12.7. The summed E-state index contributed by atoms with van der Waals surface area (Å²) in [5.74, 6) is -0.413. The van der Waals surface area contributed by atoms with Crippen molar-refractivity contribution in [2.45, 2.75) is 32.6 Å². The lowest BCUT2D eigenvalue weighted by Crippen LogP contribution is -2.25. The molecule has 8 nitrogen and oxygen atoms in total. The zero-order valence-corrected chi connectivity index (χ0v) is 18.5. The Morgan fingerprint density at radius 2 is 1.91 bits per heavy atom. The molecule has 1 fully saturated rings. The number of para-hydroxylation sites is 1. The van der Waals surface area contributed by atoms with Crippen molar-refractivity contribution in [1.82, 2.24) is 10.2 Å². The number of aryl methyl sites for hydroxylation is 1. The zero-order valence-electron chi connectivity index (χ0n) is 17.7. The van der Waals surface area contributed by atoms with Gasteiger partial charge < -0.3 is 9.64 Å². The van der Waals surface area contributed by atoms with Crippen LogP contribution in [0.5, 0.6) is 5.75 Å². The molecule has 32 heavy (non-hydrogen) atoms. The number of rotatable bonds is 6.